The molecule has 2 aromatic rings. The first-order valence-corrected chi connectivity index (χ1v) is 7.92. The number of aromatic nitrogens is 3. The number of carbonyl (C=O) groups is 1. The maximum Gasteiger partial charge on any atom is 0.319 e. The summed E-state index contributed by atoms with van der Waals surface area (Å²) in [6.45, 7) is 7.02. The highest BCUT2D eigenvalue weighted by Crippen LogP contribution is 2.32. The standard InChI is InChI=1S/C15H21N5OS/c1-15(2,3)22-12-6-4-11(5-7-12)19-14(21)16-9-8-13-17-10-18-20-13/h4-7,10H,8-9H2,1-3H3,(H2,16,19,21)(H,17,18,20). The first kappa shape index (κ1) is 16.4. The number of nitrogens with zero attached hydrogens (tertiary/aromatic N) is 2. The van der Waals surface area contributed by atoms with Gasteiger partial charge in [0, 0.05) is 28.3 Å². The van der Waals surface area contributed by atoms with Crippen molar-refractivity contribution in [1.29, 1.82) is 0 Å². The van der Waals surface area contributed by atoms with Crippen molar-refractivity contribution in [2.75, 3.05) is 11.9 Å². The molecule has 0 atom stereocenters. The number of amides is 2. The van der Waals surface area contributed by atoms with Crippen molar-refractivity contribution >= 4 is 23.5 Å². The lowest BCUT2D eigenvalue weighted by molar-refractivity contribution is 0.252. The Hall–Kier alpha value is -2.02. The molecule has 0 aliphatic carbocycles. The predicted molar refractivity (Wildman–Crippen MR) is 89.2 cm³/mol. The molecular formula is C15H21N5OS. The van der Waals surface area contributed by atoms with Crippen LogP contribution < -0.4 is 10.6 Å². The van der Waals surface area contributed by atoms with Crippen LogP contribution in [0.1, 0.15) is 26.6 Å². The molecule has 0 unspecified atom stereocenters. The van der Waals surface area contributed by atoms with Crippen molar-refractivity contribution in [3.05, 3.63) is 36.4 Å². The monoisotopic (exact) mass is 319 g/mol. The first-order valence-electron chi connectivity index (χ1n) is 7.10. The molecule has 6 nitrogen and oxygen atoms in total. The summed E-state index contributed by atoms with van der Waals surface area (Å²) >= 11 is 1.80. The lowest BCUT2D eigenvalue weighted by Crippen LogP contribution is -2.30. The van der Waals surface area contributed by atoms with Crippen molar-refractivity contribution in [2.24, 2.45) is 0 Å². The van der Waals surface area contributed by atoms with E-state index in [9.17, 15) is 4.79 Å². The summed E-state index contributed by atoms with van der Waals surface area (Å²) in [6, 6.07) is 7.62. The Kier molecular flexibility index (Phi) is 5.43. The van der Waals surface area contributed by atoms with E-state index in [0.717, 1.165) is 11.5 Å². The van der Waals surface area contributed by atoms with E-state index in [-0.39, 0.29) is 10.8 Å². The molecule has 7 heteroatoms. The number of H-pyrrole nitrogens is 1. The smallest absolute Gasteiger partial charge is 0.319 e. The lowest BCUT2D eigenvalue weighted by atomic mass is 10.3. The number of benzene rings is 1. The minimum Gasteiger partial charge on any atom is -0.337 e. The minimum atomic E-state index is -0.226. The third kappa shape index (κ3) is 5.77. The van der Waals surface area contributed by atoms with E-state index >= 15 is 0 Å². The van der Waals surface area contributed by atoms with Crippen molar-refractivity contribution < 1.29 is 4.79 Å². The van der Waals surface area contributed by atoms with Crippen LogP contribution in [0.5, 0.6) is 0 Å². The Bertz CT molecular complexity index is 589. The zero-order chi connectivity index (χ0) is 16.0. The molecular weight excluding hydrogens is 298 g/mol. The highest BCUT2D eigenvalue weighted by atomic mass is 32.2. The molecule has 1 aromatic carbocycles. The zero-order valence-electron chi connectivity index (χ0n) is 13.0. The number of aromatic amines is 1. The predicted octanol–water partition coefficient (Wildman–Crippen LogP) is 3.06. The molecule has 0 fully saturated rings. The first-order chi connectivity index (χ1) is 10.4. The third-order valence-electron chi connectivity index (χ3n) is 2.65. The van der Waals surface area contributed by atoms with Gasteiger partial charge in [0.1, 0.15) is 12.2 Å². The van der Waals surface area contributed by atoms with Gasteiger partial charge in [-0.15, -0.1) is 11.8 Å². The summed E-state index contributed by atoms with van der Waals surface area (Å²) in [5.74, 6) is 0.754. The quantitative estimate of drug-likeness (QED) is 0.740. The molecule has 118 valence electrons. The summed E-state index contributed by atoms with van der Waals surface area (Å²) in [6.07, 6.45) is 2.07. The van der Waals surface area contributed by atoms with E-state index in [1.165, 1.54) is 11.2 Å². The number of anilines is 1. The highest BCUT2D eigenvalue weighted by molar-refractivity contribution is 8.00. The highest BCUT2D eigenvalue weighted by Gasteiger charge is 2.11. The van der Waals surface area contributed by atoms with E-state index in [4.69, 9.17) is 0 Å². The topological polar surface area (TPSA) is 82.7 Å². The normalized spacial score (nSPS) is 11.2. The van der Waals surface area contributed by atoms with Gasteiger partial charge in [-0.3, -0.25) is 5.10 Å². The van der Waals surface area contributed by atoms with Crippen molar-refractivity contribution in [2.45, 2.75) is 36.8 Å². The Morgan fingerprint density at radius 3 is 2.59 bits per heavy atom. The van der Waals surface area contributed by atoms with Crippen molar-refractivity contribution in [3.63, 3.8) is 0 Å². The van der Waals surface area contributed by atoms with Gasteiger partial charge in [0.2, 0.25) is 0 Å². The van der Waals surface area contributed by atoms with Gasteiger partial charge in [-0.25, -0.2) is 9.78 Å². The molecule has 2 amide bonds. The van der Waals surface area contributed by atoms with Crippen molar-refractivity contribution in [1.82, 2.24) is 20.5 Å². The fourth-order valence-electron chi connectivity index (χ4n) is 1.78. The maximum atomic E-state index is 11.8. The number of hydrogen-bond donors (Lipinski definition) is 3. The van der Waals surface area contributed by atoms with E-state index in [0.29, 0.717) is 13.0 Å². The van der Waals surface area contributed by atoms with Gasteiger partial charge < -0.3 is 10.6 Å². The van der Waals surface area contributed by atoms with Crippen LogP contribution in [0.25, 0.3) is 0 Å². The van der Waals surface area contributed by atoms with Crippen LogP contribution in [0.3, 0.4) is 0 Å². The molecule has 0 spiro atoms. The molecule has 22 heavy (non-hydrogen) atoms. The number of carbonyl (C=O) groups excluding carboxylic acids is 1. The number of urea groups is 1. The molecule has 3 N–H and O–H groups in total. The fourth-order valence-corrected chi connectivity index (χ4v) is 2.76. The minimum absolute atomic E-state index is 0.174. The maximum absolute atomic E-state index is 11.8. The second-order valence-electron chi connectivity index (χ2n) is 5.80. The number of hydrogen-bond acceptors (Lipinski definition) is 4. The van der Waals surface area contributed by atoms with Gasteiger partial charge in [0.25, 0.3) is 0 Å². The lowest BCUT2D eigenvalue weighted by Gasteiger charge is -2.17. The molecule has 0 radical (unpaired) electrons. The zero-order valence-corrected chi connectivity index (χ0v) is 13.8. The van der Waals surface area contributed by atoms with E-state index in [1.54, 1.807) is 11.8 Å². The average molecular weight is 319 g/mol. The molecule has 0 saturated carbocycles. The summed E-state index contributed by atoms with van der Waals surface area (Å²) < 4.78 is 0.174. The van der Waals surface area contributed by atoms with Gasteiger partial charge >= 0.3 is 6.03 Å². The molecule has 0 aliphatic heterocycles. The Labute approximate surface area is 134 Å². The third-order valence-corrected chi connectivity index (χ3v) is 3.77. The molecule has 2 rings (SSSR count). The number of nitrogens with one attached hydrogen (secondary N) is 3. The van der Waals surface area contributed by atoms with Gasteiger partial charge in [-0.2, -0.15) is 5.10 Å². The SMILES string of the molecule is CC(C)(C)Sc1ccc(NC(=O)NCCc2ncn[nH]2)cc1. The summed E-state index contributed by atoms with van der Waals surface area (Å²) in [5.41, 5.74) is 0.774. The summed E-state index contributed by atoms with van der Waals surface area (Å²) in [4.78, 5) is 17.0. The van der Waals surface area contributed by atoms with Crippen LogP contribution in [0, 0.1) is 0 Å². The molecule has 1 aromatic heterocycles. The second-order valence-corrected chi connectivity index (χ2v) is 7.70. The van der Waals surface area contributed by atoms with Gasteiger partial charge in [-0.1, -0.05) is 20.8 Å². The Balaban J connectivity index is 1.76. The van der Waals surface area contributed by atoms with Gasteiger partial charge in [-0.05, 0) is 24.3 Å². The van der Waals surface area contributed by atoms with Crippen LogP contribution in [-0.2, 0) is 6.42 Å². The van der Waals surface area contributed by atoms with Crippen LogP contribution >= 0.6 is 11.8 Å². The van der Waals surface area contributed by atoms with Gasteiger partial charge in [0.15, 0.2) is 0 Å². The summed E-state index contributed by atoms with van der Waals surface area (Å²) in [5, 5.41) is 12.1. The molecule has 0 saturated heterocycles. The number of rotatable bonds is 5. The fraction of sp³-hybridized carbons (Fsp3) is 0.400. The van der Waals surface area contributed by atoms with Crippen molar-refractivity contribution in [3.8, 4) is 0 Å². The Morgan fingerprint density at radius 2 is 2.00 bits per heavy atom. The van der Waals surface area contributed by atoms with E-state index < -0.39 is 0 Å². The molecule has 1 heterocycles. The second kappa shape index (κ2) is 7.31. The van der Waals surface area contributed by atoms with Crippen LogP contribution in [0.4, 0.5) is 10.5 Å². The van der Waals surface area contributed by atoms with Gasteiger partial charge in [0.05, 0.1) is 0 Å². The largest absolute Gasteiger partial charge is 0.337 e. The van der Waals surface area contributed by atoms with Crippen LogP contribution in [-0.4, -0.2) is 32.5 Å². The Morgan fingerprint density at radius 1 is 1.27 bits per heavy atom. The van der Waals surface area contributed by atoms with Crippen LogP contribution in [0.2, 0.25) is 0 Å². The van der Waals surface area contributed by atoms with E-state index in [1.807, 2.05) is 24.3 Å². The average Bonchev–Trinajstić information content (AvgIpc) is 2.92. The van der Waals surface area contributed by atoms with Crippen LogP contribution in [0.15, 0.2) is 35.5 Å². The number of thioether (sulfide) groups is 1. The van der Waals surface area contributed by atoms with E-state index in [2.05, 4.69) is 46.6 Å². The molecule has 0 bridgehead atoms. The summed E-state index contributed by atoms with van der Waals surface area (Å²) in [7, 11) is 0. The molecule has 0 aliphatic rings.